The first kappa shape index (κ1) is 23.1. The minimum Gasteiger partial charge on any atom is -0.469 e. The van der Waals surface area contributed by atoms with Crippen LogP contribution in [0.3, 0.4) is 0 Å². The smallest absolute Gasteiger partial charge is 0.305 e. The lowest BCUT2D eigenvalue weighted by atomic mass is 9.44. The Balaban J connectivity index is 0.00000117. The second kappa shape index (κ2) is 9.28. The number of ether oxygens (including phenoxy) is 1. The molecule has 4 fully saturated rings. The number of aliphatic hydroxyl groups excluding tert-OH is 1. The van der Waals surface area contributed by atoms with Gasteiger partial charge in [-0.2, -0.15) is 0 Å². The Kier molecular flexibility index (Phi) is 7.40. The third-order valence-electron chi connectivity index (χ3n) is 9.96. The minimum atomic E-state index is -0.0791. The highest BCUT2D eigenvalue weighted by atomic mass is 16.5. The summed E-state index contributed by atoms with van der Waals surface area (Å²) in [5, 5.41) is 11.2. The average molecular weight is 407 g/mol. The van der Waals surface area contributed by atoms with Crippen molar-refractivity contribution < 1.29 is 14.6 Å². The zero-order chi connectivity index (χ0) is 21.2. The van der Waals surface area contributed by atoms with Crippen LogP contribution >= 0.6 is 0 Å². The van der Waals surface area contributed by atoms with Gasteiger partial charge in [0.15, 0.2) is 0 Å². The molecule has 168 valence electrons. The molecule has 8 atom stereocenters. The number of fused-ring (bicyclic) bond motifs is 5. The van der Waals surface area contributed by atoms with Gasteiger partial charge in [-0.25, -0.2) is 0 Å². The third-order valence-corrected chi connectivity index (χ3v) is 9.96. The topological polar surface area (TPSA) is 46.5 Å². The average Bonchev–Trinajstić information content (AvgIpc) is 3.06. The second-order valence-corrected chi connectivity index (χ2v) is 10.8. The van der Waals surface area contributed by atoms with Gasteiger partial charge >= 0.3 is 5.97 Å². The van der Waals surface area contributed by atoms with Crippen LogP contribution in [0.2, 0.25) is 0 Å². The maximum atomic E-state index is 11.5. The summed E-state index contributed by atoms with van der Waals surface area (Å²) >= 11 is 0. The Hall–Kier alpha value is -0.570. The van der Waals surface area contributed by atoms with Gasteiger partial charge in [-0.05, 0) is 98.2 Å². The van der Waals surface area contributed by atoms with Crippen molar-refractivity contribution in [2.24, 2.45) is 40.4 Å². The normalized spacial score (nSPS) is 45.9. The molecule has 3 heteroatoms. The highest BCUT2D eigenvalue weighted by molar-refractivity contribution is 5.68. The van der Waals surface area contributed by atoms with Crippen molar-refractivity contribution in [3.63, 3.8) is 0 Å². The molecule has 0 heterocycles. The Morgan fingerprint density at radius 2 is 1.72 bits per heavy atom. The molecule has 0 aromatic heterocycles. The largest absolute Gasteiger partial charge is 0.469 e. The van der Waals surface area contributed by atoms with Gasteiger partial charge < -0.3 is 9.84 Å². The fraction of sp³-hybridized carbons (Fsp3) is 0.962. The number of esters is 1. The SMILES string of the molecule is CC.COC(=O)CCCC1CCC2C3C(O)CC4CCCCC4(C)C3CCC12C. The highest BCUT2D eigenvalue weighted by Gasteiger charge is 2.61. The molecule has 0 radical (unpaired) electrons. The minimum absolute atomic E-state index is 0.0719. The number of aliphatic hydroxyl groups is 1. The molecule has 0 aromatic rings. The van der Waals surface area contributed by atoms with Gasteiger partial charge in [-0.3, -0.25) is 4.79 Å². The van der Waals surface area contributed by atoms with Crippen LogP contribution in [0.25, 0.3) is 0 Å². The van der Waals surface area contributed by atoms with Gasteiger partial charge in [0.2, 0.25) is 0 Å². The third kappa shape index (κ3) is 4.02. The molecule has 0 spiro atoms. The van der Waals surface area contributed by atoms with Crippen molar-refractivity contribution in [2.75, 3.05) is 7.11 Å². The summed E-state index contributed by atoms with van der Waals surface area (Å²) in [4.78, 5) is 11.5. The molecule has 0 saturated heterocycles. The van der Waals surface area contributed by atoms with Gasteiger partial charge in [0.05, 0.1) is 13.2 Å². The lowest BCUT2D eigenvalue weighted by molar-refractivity contribution is -0.162. The van der Waals surface area contributed by atoms with Crippen LogP contribution in [0.4, 0.5) is 0 Å². The highest BCUT2D eigenvalue weighted by Crippen LogP contribution is 2.67. The molecule has 0 aliphatic heterocycles. The van der Waals surface area contributed by atoms with E-state index in [0.29, 0.717) is 29.1 Å². The maximum absolute atomic E-state index is 11.5. The molecule has 0 bridgehead atoms. The fourth-order valence-corrected chi connectivity index (χ4v) is 8.43. The summed E-state index contributed by atoms with van der Waals surface area (Å²) in [5.41, 5.74) is 0.850. The summed E-state index contributed by atoms with van der Waals surface area (Å²) < 4.78 is 4.82. The van der Waals surface area contributed by atoms with Crippen LogP contribution in [0, 0.1) is 40.4 Å². The lowest BCUT2D eigenvalue weighted by Crippen LogP contribution is -2.57. The predicted octanol–water partition coefficient (Wildman–Crippen LogP) is 6.38. The number of carbonyl (C=O) groups excluding carboxylic acids is 1. The van der Waals surface area contributed by atoms with Gasteiger partial charge in [-0.1, -0.05) is 40.5 Å². The standard InChI is InChI=1S/C24H40O3.C2H6/c1-23-13-5-4-7-17(23)15-20(25)22-18-11-10-16(8-6-9-21(26)27-3)24(18,2)14-12-19(22)23;1-2/h16-20,22,25H,4-15H2,1-3H3;1-2H3. The predicted molar refractivity (Wildman–Crippen MR) is 118 cm³/mol. The molecule has 0 amide bonds. The number of hydrogen-bond donors (Lipinski definition) is 1. The Morgan fingerprint density at radius 1 is 1.00 bits per heavy atom. The van der Waals surface area contributed by atoms with Crippen molar-refractivity contribution in [1.82, 2.24) is 0 Å². The van der Waals surface area contributed by atoms with Crippen molar-refractivity contribution in [3.8, 4) is 0 Å². The summed E-state index contributed by atoms with van der Waals surface area (Å²) in [5.74, 6) is 3.35. The van der Waals surface area contributed by atoms with E-state index in [0.717, 1.165) is 37.0 Å². The fourth-order valence-electron chi connectivity index (χ4n) is 8.43. The van der Waals surface area contributed by atoms with Crippen molar-refractivity contribution in [2.45, 2.75) is 111 Å². The van der Waals surface area contributed by atoms with E-state index >= 15 is 0 Å². The van der Waals surface area contributed by atoms with E-state index in [1.165, 1.54) is 58.5 Å². The second-order valence-electron chi connectivity index (χ2n) is 10.8. The molecule has 4 aliphatic rings. The molecule has 3 nitrogen and oxygen atoms in total. The van der Waals surface area contributed by atoms with E-state index < -0.39 is 0 Å². The maximum Gasteiger partial charge on any atom is 0.305 e. The van der Waals surface area contributed by atoms with Crippen LogP contribution in [0.5, 0.6) is 0 Å². The quantitative estimate of drug-likeness (QED) is 0.551. The molecule has 29 heavy (non-hydrogen) atoms. The molecular weight excluding hydrogens is 360 g/mol. The van der Waals surface area contributed by atoms with E-state index in [1.54, 1.807) is 0 Å². The Bertz CT molecular complexity index is 560. The number of rotatable bonds is 4. The van der Waals surface area contributed by atoms with Gasteiger partial charge in [0, 0.05) is 6.42 Å². The first-order valence-electron chi connectivity index (χ1n) is 12.6. The van der Waals surface area contributed by atoms with E-state index in [9.17, 15) is 9.90 Å². The summed E-state index contributed by atoms with van der Waals surface area (Å²) in [6.45, 7) is 9.09. The Morgan fingerprint density at radius 3 is 2.45 bits per heavy atom. The van der Waals surface area contributed by atoms with Crippen LogP contribution in [-0.4, -0.2) is 24.3 Å². The van der Waals surface area contributed by atoms with E-state index in [2.05, 4.69) is 13.8 Å². The molecule has 4 aliphatic carbocycles. The monoisotopic (exact) mass is 406 g/mol. The number of methoxy groups -OCH3 is 1. The van der Waals surface area contributed by atoms with Crippen LogP contribution in [0.1, 0.15) is 105 Å². The molecule has 8 unspecified atom stereocenters. The van der Waals surface area contributed by atoms with Crippen molar-refractivity contribution in [1.29, 1.82) is 0 Å². The summed E-state index contributed by atoms with van der Waals surface area (Å²) in [6, 6.07) is 0. The van der Waals surface area contributed by atoms with Gasteiger partial charge in [0.25, 0.3) is 0 Å². The van der Waals surface area contributed by atoms with Crippen molar-refractivity contribution >= 4 is 5.97 Å². The molecule has 4 saturated carbocycles. The van der Waals surface area contributed by atoms with E-state index in [1.807, 2.05) is 13.8 Å². The summed E-state index contributed by atoms with van der Waals surface area (Å²) in [7, 11) is 1.49. The zero-order valence-electron chi connectivity index (χ0n) is 19.7. The molecule has 1 N–H and O–H groups in total. The first-order chi connectivity index (χ1) is 13.9. The number of carbonyl (C=O) groups is 1. The van der Waals surface area contributed by atoms with Crippen molar-refractivity contribution in [3.05, 3.63) is 0 Å². The van der Waals surface area contributed by atoms with Crippen LogP contribution in [-0.2, 0) is 9.53 Å². The summed E-state index contributed by atoms with van der Waals surface area (Å²) in [6.07, 6.45) is 14.3. The number of hydrogen-bond acceptors (Lipinski definition) is 3. The van der Waals surface area contributed by atoms with E-state index in [-0.39, 0.29) is 12.1 Å². The Labute approximate surface area is 179 Å². The van der Waals surface area contributed by atoms with Crippen LogP contribution in [0.15, 0.2) is 0 Å². The van der Waals surface area contributed by atoms with Gasteiger partial charge in [-0.15, -0.1) is 0 Å². The molecule has 0 aromatic carbocycles. The molecule has 4 rings (SSSR count). The van der Waals surface area contributed by atoms with Crippen LogP contribution < -0.4 is 0 Å². The first-order valence-corrected chi connectivity index (χ1v) is 12.6. The van der Waals surface area contributed by atoms with E-state index in [4.69, 9.17) is 4.74 Å². The van der Waals surface area contributed by atoms with Gasteiger partial charge in [0.1, 0.15) is 0 Å². The molecular formula is C26H46O3. The zero-order valence-corrected chi connectivity index (χ0v) is 19.7. The lowest BCUT2D eigenvalue weighted by Gasteiger charge is -2.62.